The first-order chi connectivity index (χ1) is 10.2. The zero-order valence-electron chi connectivity index (χ0n) is 12.6. The summed E-state index contributed by atoms with van der Waals surface area (Å²) in [5.41, 5.74) is 2.95. The van der Waals surface area contributed by atoms with E-state index in [0.717, 1.165) is 29.7 Å². The van der Waals surface area contributed by atoms with Crippen LogP contribution in [0.3, 0.4) is 0 Å². The first-order valence-corrected chi connectivity index (χ1v) is 7.20. The zero-order valence-corrected chi connectivity index (χ0v) is 12.6. The van der Waals surface area contributed by atoms with E-state index in [9.17, 15) is 4.79 Å². The van der Waals surface area contributed by atoms with Crippen molar-refractivity contribution in [1.82, 2.24) is 20.4 Å². The monoisotopic (exact) mass is 286 g/mol. The molecule has 1 aromatic heterocycles. The van der Waals surface area contributed by atoms with Crippen LogP contribution in [0.4, 0.5) is 0 Å². The number of benzene rings is 1. The van der Waals surface area contributed by atoms with E-state index in [0.29, 0.717) is 13.1 Å². The maximum atomic E-state index is 12.3. The van der Waals surface area contributed by atoms with E-state index in [1.807, 2.05) is 55.3 Å². The summed E-state index contributed by atoms with van der Waals surface area (Å²) < 4.78 is 1.84. The minimum absolute atomic E-state index is 0.0226. The van der Waals surface area contributed by atoms with E-state index < -0.39 is 0 Å². The molecule has 1 aromatic carbocycles. The van der Waals surface area contributed by atoms with Gasteiger partial charge in [0.2, 0.25) is 0 Å². The lowest BCUT2D eigenvalue weighted by Gasteiger charge is -2.10. The van der Waals surface area contributed by atoms with Gasteiger partial charge in [0.25, 0.3) is 5.91 Å². The molecule has 0 unspecified atom stereocenters. The number of amides is 1. The highest BCUT2D eigenvalue weighted by molar-refractivity contribution is 5.95. The first-order valence-electron chi connectivity index (χ1n) is 7.20. The van der Waals surface area contributed by atoms with Crippen LogP contribution in [0.25, 0.3) is 0 Å². The van der Waals surface area contributed by atoms with E-state index >= 15 is 0 Å². The van der Waals surface area contributed by atoms with E-state index in [1.165, 1.54) is 0 Å². The van der Waals surface area contributed by atoms with Crippen molar-refractivity contribution in [2.45, 2.75) is 19.9 Å². The molecule has 0 spiro atoms. The van der Waals surface area contributed by atoms with Gasteiger partial charge in [-0.15, -0.1) is 0 Å². The predicted molar refractivity (Wildman–Crippen MR) is 83.4 cm³/mol. The lowest BCUT2D eigenvalue weighted by Crippen LogP contribution is -2.28. The molecule has 5 nitrogen and oxygen atoms in total. The van der Waals surface area contributed by atoms with Gasteiger partial charge in [0.05, 0.1) is 12.7 Å². The third-order valence-electron chi connectivity index (χ3n) is 3.30. The van der Waals surface area contributed by atoms with Gasteiger partial charge in [0.1, 0.15) is 0 Å². The second kappa shape index (κ2) is 7.59. The molecule has 0 saturated carbocycles. The predicted octanol–water partition coefficient (Wildman–Crippen LogP) is 1.38. The maximum absolute atomic E-state index is 12.3. The smallest absolute Gasteiger partial charge is 0.251 e. The van der Waals surface area contributed by atoms with E-state index in [-0.39, 0.29) is 5.91 Å². The Morgan fingerprint density at radius 3 is 2.81 bits per heavy atom. The van der Waals surface area contributed by atoms with Gasteiger partial charge in [-0.2, -0.15) is 5.10 Å². The average molecular weight is 286 g/mol. The van der Waals surface area contributed by atoms with Crippen LogP contribution >= 0.6 is 0 Å². The highest BCUT2D eigenvalue weighted by atomic mass is 16.1. The summed E-state index contributed by atoms with van der Waals surface area (Å²) in [6.45, 7) is 4.11. The molecule has 2 N–H and O–H groups in total. The van der Waals surface area contributed by atoms with E-state index in [2.05, 4.69) is 15.7 Å². The Balaban J connectivity index is 1.90. The average Bonchev–Trinajstić information content (AvgIpc) is 2.91. The Morgan fingerprint density at radius 2 is 2.10 bits per heavy atom. The number of rotatable bonds is 7. The van der Waals surface area contributed by atoms with Gasteiger partial charge in [-0.3, -0.25) is 9.48 Å². The highest BCUT2D eigenvalue weighted by Crippen LogP contribution is 2.09. The van der Waals surface area contributed by atoms with Gasteiger partial charge in [-0.25, -0.2) is 0 Å². The third kappa shape index (κ3) is 4.43. The van der Waals surface area contributed by atoms with Gasteiger partial charge in [-0.1, -0.05) is 18.2 Å². The molecule has 0 saturated heterocycles. The third-order valence-corrected chi connectivity index (χ3v) is 3.30. The number of carbonyl (C=O) groups is 1. The van der Waals surface area contributed by atoms with Crippen molar-refractivity contribution < 1.29 is 4.79 Å². The minimum atomic E-state index is -0.0226. The number of likely N-dealkylation sites (N-methyl/N-ethyl adjacent to an activating group) is 1. The summed E-state index contributed by atoms with van der Waals surface area (Å²) in [5, 5.41) is 10.3. The fraction of sp³-hybridized carbons (Fsp3) is 0.375. The fourth-order valence-electron chi connectivity index (χ4n) is 2.19. The standard InChI is InChI=1S/C16H22N4O/c1-13-11-19-20(12-13)10-9-18-16(21)15-6-4-3-5-14(15)7-8-17-2/h3-6,11-12,17H,7-10H2,1-2H3,(H,18,21). The van der Waals surface area contributed by atoms with Gasteiger partial charge < -0.3 is 10.6 Å². The summed E-state index contributed by atoms with van der Waals surface area (Å²) in [6.07, 6.45) is 4.63. The lowest BCUT2D eigenvalue weighted by molar-refractivity contribution is 0.0951. The first kappa shape index (κ1) is 15.3. The molecule has 0 aliphatic carbocycles. The molecule has 0 radical (unpaired) electrons. The molecule has 0 aliphatic rings. The second-order valence-corrected chi connectivity index (χ2v) is 5.05. The highest BCUT2D eigenvalue weighted by Gasteiger charge is 2.09. The molecular formula is C16H22N4O. The Hall–Kier alpha value is -2.14. The summed E-state index contributed by atoms with van der Waals surface area (Å²) in [7, 11) is 1.91. The number of nitrogens with one attached hydrogen (secondary N) is 2. The number of hydrogen-bond donors (Lipinski definition) is 2. The lowest BCUT2D eigenvalue weighted by atomic mass is 10.0. The second-order valence-electron chi connectivity index (χ2n) is 5.05. The summed E-state index contributed by atoms with van der Waals surface area (Å²) in [5.74, 6) is -0.0226. The number of carbonyl (C=O) groups excluding carboxylic acids is 1. The summed E-state index contributed by atoms with van der Waals surface area (Å²) >= 11 is 0. The van der Waals surface area contributed by atoms with Crippen LogP contribution < -0.4 is 10.6 Å². The molecule has 21 heavy (non-hydrogen) atoms. The van der Waals surface area contributed by atoms with Crippen molar-refractivity contribution >= 4 is 5.91 Å². The van der Waals surface area contributed by atoms with Crippen LogP contribution in [-0.4, -0.2) is 35.8 Å². The summed E-state index contributed by atoms with van der Waals surface area (Å²) in [6, 6.07) is 7.74. The van der Waals surface area contributed by atoms with Crippen LogP contribution in [0.15, 0.2) is 36.7 Å². The van der Waals surface area contributed by atoms with Crippen LogP contribution in [-0.2, 0) is 13.0 Å². The molecule has 0 aliphatic heterocycles. The van der Waals surface area contributed by atoms with Gasteiger partial charge in [-0.05, 0) is 44.1 Å². The van der Waals surface area contributed by atoms with Gasteiger partial charge >= 0.3 is 0 Å². The molecule has 0 bridgehead atoms. The molecule has 1 heterocycles. The fourth-order valence-corrected chi connectivity index (χ4v) is 2.19. The SMILES string of the molecule is CNCCc1ccccc1C(=O)NCCn1cc(C)cn1. The molecule has 1 amide bonds. The Morgan fingerprint density at radius 1 is 1.29 bits per heavy atom. The van der Waals surface area contributed by atoms with Crippen LogP contribution in [0.5, 0.6) is 0 Å². The van der Waals surface area contributed by atoms with Crippen molar-refractivity contribution in [3.63, 3.8) is 0 Å². The topological polar surface area (TPSA) is 59.0 Å². The van der Waals surface area contributed by atoms with Crippen molar-refractivity contribution in [3.05, 3.63) is 53.3 Å². The molecule has 5 heteroatoms. The number of aryl methyl sites for hydroxylation is 1. The van der Waals surface area contributed by atoms with Crippen LogP contribution in [0.1, 0.15) is 21.5 Å². The van der Waals surface area contributed by atoms with E-state index in [1.54, 1.807) is 0 Å². The molecule has 2 rings (SSSR count). The van der Waals surface area contributed by atoms with Crippen molar-refractivity contribution in [1.29, 1.82) is 0 Å². The number of aromatic nitrogens is 2. The Kier molecular flexibility index (Phi) is 5.51. The minimum Gasteiger partial charge on any atom is -0.350 e. The van der Waals surface area contributed by atoms with Crippen LogP contribution in [0.2, 0.25) is 0 Å². The Labute approximate surface area is 125 Å². The Bertz CT molecular complexity index is 591. The largest absolute Gasteiger partial charge is 0.350 e. The normalized spacial score (nSPS) is 10.6. The molecule has 112 valence electrons. The van der Waals surface area contributed by atoms with Gasteiger partial charge in [0, 0.05) is 18.3 Å². The molecule has 2 aromatic rings. The number of hydrogen-bond acceptors (Lipinski definition) is 3. The van der Waals surface area contributed by atoms with Crippen molar-refractivity contribution in [2.75, 3.05) is 20.1 Å². The van der Waals surface area contributed by atoms with Crippen molar-refractivity contribution in [2.24, 2.45) is 0 Å². The molecule has 0 atom stereocenters. The molecular weight excluding hydrogens is 264 g/mol. The molecule has 0 fully saturated rings. The number of nitrogens with zero attached hydrogens (tertiary/aromatic N) is 2. The van der Waals surface area contributed by atoms with Gasteiger partial charge in [0.15, 0.2) is 0 Å². The van der Waals surface area contributed by atoms with Crippen molar-refractivity contribution in [3.8, 4) is 0 Å². The van der Waals surface area contributed by atoms with E-state index in [4.69, 9.17) is 0 Å². The summed E-state index contributed by atoms with van der Waals surface area (Å²) in [4.78, 5) is 12.3. The quantitative estimate of drug-likeness (QED) is 0.808. The maximum Gasteiger partial charge on any atom is 0.251 e. The van der Waals surface area contributed by atoms with Crippen LogP contribution in [0, 0.1) is 6.92 Å². The zero-order chi connectivity index (χ0) is 15.1.